The number of nitrogens with zero attached hydrogens (tertiary/aromatic N) is 3. The van der Waals surface area contributed by atoms with Gasteiger partial charge < -0.3 is 5.73 Å². The predicted molar refractivity (Wildman–Crippen MR) is 66.4 cm³/mol. The second-order valence-corrected chi connectivity index (χ2v) is 4.61. The monoisotopic (exact) mass is 299 g/mol. The molecule has 0 fully saturated rings. The average molecular weight is 299 g/mol. The van der Waals surface area contributed by atoms with Gasteiger partial charge in [0.1, 0.15) is 16.6 Å². The van der Waals surface area contributed by atoms with E-state index < -0.39 is 11.7 Å². The quantitative estimate of drug-likeness (QED) is 0.516. The van der Waals surface area contributed by atoms with E-state index in [4.69, 9.17) is 11.1 Å². The third-order valence-electron chi connectivity index (χ3n) is 2.17. The number of hydrogen-bond donors (Lipinski definition) is 2. The van der Waals surface area contributed by atoms with Gasteiger partial charge in [-0.2, -0.15) is 13.2 Å². The Morgan fingerprint density at radius 2 is 1.95 bits per heavy atom. The van der Waals surface area contributed by atoms with Gasteiger partial charge in [-0.3, -0.25) is 5.41 Å². The summed E-state index contributed by atoms with van der Waals surface area (Å²) in [5.74, 6) is -0.213. The van der Waals surface area contributed by atoms with Crippen molar-refractivity contribution in [3.63, 3.8) is 0 Å². The maximum atomic E-state index is 12.4. The highest BCUT2D eigenvalue weighted by atomic mass is 32.2. The molecule has 0 saturated heterocycles. The molecule has 3 N–H and O–H groups in total. The van der Waals surface area contributed by atoms with Gasteiger partial charge >= 0.3 is 6.18 Å². The Balaban J connectivity index is 2.18. The molecular weight excluding hydrogens is 291 g/mol. The molecule has 0 amide bonds. The fourth-order valence-corrected chi connectivity index (χ4v) is 1.93. The van der Waals surface area contributed by atoms with Gasteiger partial charge in [0.2, 0.25) is 0 Å². The summed E-state index contributed by atoms with van der Waals surface area (Å²) in [4.78, 5) is 11.6. The lowest BCUT2D eigenvalue weighted by Crippen LogP contribution is -2.13. The summed E-state index contributed by atoms with van der Waals surface area (Å²) in [5, 5.41) is 7.82. The Morgan fingerprint density at radius 1 is 1.20 bits per heavy atom. The van der Waals surface area contributed by atoms with Crippen molar-refractivity contribution in [2.24, 2.45) is 5.73 Å². The number of halogens is 3. The van der Waals surface area contributed by atoms with Crippen molar-refractivity contribution >= 4 is 17.6 Å². The molecule has 2 aromatic heterocycles. The standard InChI is InChI=1S/C11H8F3N5S/c12-11(13,14)6-1-2-8(18-5-6)20-10-17-4-3-7(19-10)9(15)16/h1-5H,(H3,15,16). The van der Waals surface area contributed by atoms with Gasteiger partial charge in [-0.1, -0.05) is 0 Å². The van der Waals surface area contributed by atoms with E-state index in [-0.39, 0.29) is 16.7 Å². The molecular formula is C11H8F3N5S. The third kappa shape index (κ3) is 3.44. The summed E-state index contributed by atoms with van der Waals surface area (Å²) < 4.78 is 37.1. The Morgan fingerprint density at radius 3 is 2.50 bits per heavy atom. The number of pyridine rings is 1. The molecule has 5 nitrogen and oxygen atoms in total. The highest BCUT2D eigenvalue weighted by molar-refractivity contribution is 7.99. The van der Waals surface area contributed by atoms with Crippen LogP contribution < -0.4 is 5.73 Å². The van der Waals surface area contributed by atoms with Crippen LogP contribution in [-0.4, -0.2) is 20.8 Å². The summed E-state index contributed by atoms with van der Waals surface area (Å²) >= 11 is 0.986. The number of alkyl halides is 3. The van der Waals surface area contributed by atoms with Gasteiger partial charge in [-0.25, -0.2) is 15.0 Å². The molecule has 0 aliphatic heterocycles. The first-order valence-corrected chi connectivity index (χ1v) is 6.06. The Labute approximate surface area is 116 Å². The predicted octanol–water partition coefficient (Wildman–Crippen LogP) is 2.33. The van der Waals surface area contributed by atoms with Gasteiger partial charge in [0.25, 0.3) is 0 Å². The maximum absolute atomic E-state index is 12.4. The average Bonchev–Trinajstić information content (AvgIpc) is 2.38. The third-order valence-corrected chi connectivity index (χ3v) is 3.00. The van der Waals surface area contributed by atoms with Gasteiger partial charge in [-0.05, 0) is 30.0 Å². The van der Waals surface area contributed by atoms with E-state index in [0.717, 1.165) is 24.0 Å². The summed E-state index contributed by atoms with van der Waals surface area (Å²) in [5.41, 5.74) is 4.71. The second kappa shape index (κ2) is 5.45. The zero-order chi connectivity index (χ0) is 14.8. The number of nitrogens with one attached hydrogen (secondary N) is 1. The molecule has 0 aliphatic rings. The normalized spacial score (nSPS) is 11.3. The van der Waals surface area contributed by atoms with Crippen LogP contribution in [0.25, 0.3) is 0 Å². The molecule has 0 atom stereocenters. The minimum absolute atomic E-state index is 0.213. The summed E-state index contributed by atoms with van der Waals surface area (Å²) in [6.07, 6.45) is -2.26. The van der Waals surface area contributed by atoms with Crippen LogP contribution in [0, 0.1) is 5.41 Å². The lowest BCUT2D eigenvalue weighted by atomic mass is 10.3. The number of amidine groups is 1. The zero-order valence-electron chi connectivity index (χ0n) is 9.85. The topological polar surface area (TPSA) is 88.5 Å². The smallest absolute Gasteiger partial charge is 0.382 e. The van der Waals surface area contributed by atoms with Crippen LogP contribution in [0.3, 0.4) is 0 Å². The molecule has 2 aromatic rings. The van der Waals surface area contributed by atoms with Crippen LogP contribution in [0.1, 0.15) is 11.3 Å². The van der Waals surface area contributed by atoms with Crippen molar-refractivity contribution in [3.8, 4) is 0 Å². The zero-order valence-corrected chi connectivity index (χ0v) is 10.7. The van der Waals surface area contributed by atoms with Crippen LogP contribution >= 0.6 is 11.8 Å². The number of rotatable bonds is 3. The van der Waals surface area contributed by atoms with Crippen LogP contribution in [0.2, 0.25) is 0 Å². The SMILES string of the molecule is N=C(N)c1ccnc(Sc2ccc(C(F)(F)F)cn2)n1. The van der Waals surface area contributed by atoms with Crippen molar-refractivity contribution in [1.82, 2.24) is 15.0 Å². The van der Waals surface area contributed by atoms with E-state index in [0.29, 0.717) is 5.03 Å². The molecule has 0 spiro atoms. The Bertz CT molecular complexity index is 627. The summed E-state index contributed by atoms with van der Waals surface area (Å²) in [6.45, 7) is 0. The van der Waals surface area contributed by atoms with Crippen molar-refractivity contribution in [1.29, 1.82) is 5.41 Å². The summed E-state index contributed by atoms with van der Waals surface area (Å²) in [7, 11) is 0. The minimum atomic E-state index is -4.42. The van der Waals surface area contributed by atoms with E-state index in [1.807, 2.05) is 0 Å². The molecule has 9 heteroatoms. The van der Waals surface area contributed by atoms with E-state index in [1.54, 1.807) is 0 Å². The molecule has 2 heterocycles. The van der Waals surface area contributed by atoms with Crippen molar-refractivity contribution in [2.45, 2.75) is 16.4 Å². The first-order chi connectivity index (χ1) is 9.36. The van der Waals surface area contributed by atoms with E-state index >= 15 is 0 Å². The van der Waals surface area contributed by atoms with Gasteiger partial charge in [0, 0.05) is 12.4 Å². The molecule has 0 bridgehead atoms. The molecule has 0 aromatic carbocycles. The van der Waals surface area contributed by atoms with Crippen LogP contribution in [-0.2, 0) is 6.18 Å². The minimum Gasteiger partial charge on any atom is -0.382 e. The second-order valence-electron chi connectivity index (χ2n) is 3.62. The first-order valence-electron chi connectivity index (χ1n) is 5.25. The van der Waals surface area contributed by atoms with E-state index in [2.05, 4.69) is 15.0 Å². The molecule has 0 saturated carbocycles. The highest BCUT2D eigenvalue weighted by Crippen LogP contribution is 2.30. The van der Waals surface area contributed by atoms with Crippen molar-refractivity contribution < 1.29 is 13.2 Å². The molecule has 0 unspecified atom stereocenters. The fraction of sp³-hybridized carbons (Fsp3) is 0.0909. The van der Waals surface area contributed by atoms with Crippen molar-refractivity contribution in [2.75, 3.05) is 0 Å². The fourth-order valence-electron chi connectivity index (χ4n) is 1.24. The largest absolute Gasteiger partial charge is 0.417 e. The number of nitrogen functional groups attached to an aromatic ring is 1. The molecule has 104 valence electrons. The first kappa shape index (κ1) is 14.3. The van der Waals surface area contributed by atoms with Gasteiger partial charge in [0.15, 0.2) is 5.16 Å². The van der Waals surface area contributed by atoms with Crippen LogP contribution in [0.15, 0.2) is 40.8 Å². The van der Waals surface area contributed by atoms with Crippen LogP contribution in [0.5, 0.6) is 0 Å². The number of hydrogen-bond acceptors (Lipinski definition) is 5. The van der Waals surface area contributed by atoms with Crippen LogP contribution in [0.4, 0.5) is 13.2 Å². The molecule has 2 rings (SSSR count). The Hall–Kier alpha value is -2.16. The van der Waals surface area contributed by atoms with Gasteiger partial charge in [-0.15, -0.1) is 0 Å². The summed E-state index contributed by atoms with van der Waals surface area (Å²) in [6, 6.07) is 3.63. The lowest BCUT2D eigenvalue weighted by molar-refractivity contribution is -0.137. The highest BCUT2D eigenvalue weighted by Gasteiger charge is 2.30. The number of aromatic nitrogens is 3. The Kier molecular flexibility index (Phi) is 3.89. The lowest BCUT2D eigenvalue weighted by Gasteiger charge is -2.06. The number of nitrogens with two attached hydrogens (primary N) is 1. The van der Waals surface area contributed by atoms with Crippen molar-refractivity contribution in [3.05, 3.63) is 41.9 Å². The molecule has 0 aliphatic carbocycles. The van der Waals surface area contributed by atoms with Gasteiger partial charge in [0.05, 0.1) is 5.56 Å². The molecule has 20 heavy (non-hydrogen) atoms. The van der Waals surface area contributed by atoms with E-state index in [9.17, 15) is 13.2 Å². The van der Waals surface area contributed by atoms with E-state index in [1.165, 1.54) is 18.3 Å². The maximum Gasteiger partial charge on any atom is 0.417 e. The molecule has 0 radical (unpaired) electrons.